The summed E-state index contributed by atoms with van der Waals surface area (Å²) in [5.41, 5.74) is 2.35. The Morgan fingerprint density at radius 3 is 2.58 bits per heavy atom. The molecule has 0 fully saturated rings. The van der Waals surface area contributed by atoms with Gasteiger partial charge in [0.15, 0.2) is 0 Å². The van der Waals surface area contributed by atoms with Crippen molar-refractivity contribution in [2.24, 2.45) is 7.05 Å². The Hall–Kier alpha value is -2.30. The molecule has 1 aromatic heterocycles. The number of amides is 1. The molecule has 0 saturated heterocycles. The minimum atomic E-state index is -0.130. The van der Waals surface area contributed by atoms with Gasteiger partial charge in [-0.1, -0.05) is 6.92 Å². The van der Waals surface area contributed by atoms with E-state index in [1.807, 2.05) is 31.3 Å². The molecule has 1 amide bonds. The molecule has 0 saturated carbocycles. The van der Waals surface area contributed by atoms with Gasteiger partial charge in [0, 0.05) is 31.0 Å². The van der Waals surface area contributed by atoms with Crippen LogP contribution < -0.4 is 10.6 Å². The highest BCUT2D eigenvalue weighted by Crippen LogP contribution is 2.12. The molecule has 2 rings (SSSR count). The maximum Gasteiger partial charge on any atom is 0.255 e. The third-order valence-electron chi connectivity index (χ3n) is 2.69. The van der Waals surface area contributed by atoms with E-state index in [2.05, 4.69) is 22.7 Å². The summed E-state index contributed by atoms with van der Waals surface area (Å²) < 4.78 is 1.65. The quantitative estimate of drug-likeness (QED) is 0.866. The normalized spacial score (nSPS) is 10.2. The van der Waals surface area contributed by atoms with Gasteiger partial charge in [-0.25, -0.2) is 0 Å². The highest BCUT2D eigenvalue weighted by molar-refractivity contribution is 6.04. The van der Waals surface area contributed by atoms with E-state index in [0.29, 0.717) is 11.3 Å². The highest BCUT2D eigenvalue weighted by atomic mass is 16.1. The van der Waals surface area contributed by atoms with Crippen molar-refractivity contribution in [3.8, 4) is 0 Å². The van der Waals surface area contributed by atoms with E-state index in [9.17, 15) is 4.79 Å². The smallest absolute Gasteiger partial charge is 0.255 e. The molecule has 0 atom stereocenters. The van der Waals surface area contributed by atoms with Gasteiger partial charge in [0.2, 0.25) is 0 Å². The van der Waals surface area contributed by atoms with Gasteiger partial charge in [-0.3, -0.25) is 9.48 Å². The Bertz CT molecular complexity index is 545. The van der Waals surface area contributed by atoms with Crippen LogP contribution in [0, 0.1) is 0 Å². The van der Waals surface area contributed by atoms with Crippen molar-refractivity contribution in [2.75, 3.05) is 17.2 Å². The molecule has 5 heteroatoms. The number of hydrogen-bond donors (Lipinski definition) is 2. The van der Waals surface area contributed by atoms with Gasteiger partial charge in [0.25, 0.3) is 5.91 Å². The zero-order valence-electron chi connectivity index (χ0n) is 11.2. The van der Waals surface area contributed by atoms with Crippen molar-refractivity contribution >= 4 is 17.3 Å². The predicted octanol–water partition coefficient (Wildman–Crippen LogP) is 2.49. The maximum absolute atomic E-state index is 12.0. The average molecular weight is 258 g/mol. The predicted molar refractivity (Wildman–Crippen MR) is 76.4 cm³/mol. The minimum Gasteiger partial charge on any atom is -0.385 e. The maximum atomic E-state index is 12.0. The molecule has 100 valence electrons. The van der Waals surface area contributed by atoms with Crippen LogP contribution in [0.5, 0.6) is 0 Å². The fourth-order valence-corrected chi connectivity index (χ4v) is 1.70. The fraction of sp³-hybridized carbons (Fsp3) is 0.286. The van der Waals surface area contributed by atoms with E-state index in [-0.39, 0.29) is 5.91 Å². The van der Waals surface area contributed by atoms with Gasteiger partial charge in [-0.15, -0.1) is 0 Å². The number of nitrogens with zero attached hydrogens (tertiary/aromatic N) is 2. The first-order valence-corrected chi connectivity index (χ1v) is 6.33. The SMILES string of the molecule is CCCNc1ccc(C(=O)Nc2cnn(C)c2)cc1. The second-order valence-corrected chi connectivity index (χ2v) is 4.36. The molecule has 0 spiro atoms. The summed E-state index contributed by atoms with van der Waals surface area (Å²) in [5.74, 6) is -0.130. The molecule has 1 aromatic carbocycles. The zero-order chi connectivity index (χ0) is 13.7. The Balaban J connectivity index is 1.99. The van der Waals surface area contributed by atoms with Gasteiger partial charge in [0.05, 0.1) is 11.9 Å². The van der Waals surface area contributed by atoms with Gasteiger partial charge in [-0.05, 0) is 30.7 Å². The second kappa shape index (κ2) is 6.04. The van der Waals surface area contributed by atoms with Crippen molar-refractivity contribution in [3.63, 3.8) is 0 Å². The van der Waals surface area contributed by atoms with Crippen LogP contribution in [-0.2, 0) is 7.05 Å². The molecule has 0 radical (unpaired) electrons. The molecule has 0 aliphatic heterocycles. The number of carbonyl (C=O) groups excluding carboxylic acids is 1. The zero-order valence-corrected chi connectivity index (χ0v) is 11.2. The molecule has 19 heavy (non-hydrogen) atoms. The van der Waals surface area contributed by atoms with Crippen LogP contribution in [0.2, 0.25) is 0 Å². The summed E-state index contributed by atoms with van der Waals surface area (Å²) in [4.78, 5) is 12.0. The lowest BCUT2D eigenvalue weighted by Gasteiger charge is -2.06. The summed E-state index contributed by atoms with van der Waals surface area (Å²) in [6.07, 6.45) is 4.45. The van der Waals surface area contributed by atoms with E-state index in [1.165, 1.54) is 0 Å². The average Bonchev–Trinajstić information content (AvgIpc) is 2.82. The van der Waals surface area contributed by atoms with Crippen LogP contribution in [0.3, 0.4) is 0 Å². The molecule has 0 aliphatic carbocycles. The molecule has 2 aromatic rings. The number of aromatic nitrogens is 2. The number of nitrogens with one attached hydrogen (secondary N) is 2. The first-order valence-electron chi connectivity index (χ1n) is 6.33. The first kappa shape index (κ1) is 13.1. The van der Waals surface area contributed by atoms with Gasteiger partial charge < -0.3 is 10.6 Å². The van der Waals surface area contributed by atoms with E-state index < -0.39 is 0 Å². The molecule has 1 heterocycles. The number of aryl methyl sites for hydroxylation is 1. The molecular formula is C14H18N4O. The highest BCUT2D eigenvalue weighted by Gasteiger charge is 2.06. The molecular weight excluding hydrogens is 240 g/mol. The van der Waals surface area contributed by atoms with E-state index in [4.69, 9.17) is 0 Å². The summed E-state index contributed by atoms with van der Waals surface area (Å²) in [6.45, 7) is 3.05. The van der Waals surface area contributed by atoms with Crippen LogP contribution in [0.25, 0.3) is 0 Å². The Morgan fingerprint density at radius 2 is 2.00 bits per heavy atom. The third-order valence-corrected chi connectivity index (χ3v) is 2.69. The lowest BCUT2D eigenvalue weighted by molar-refractivity contribution is 0.102. The summed E-state index contributed by atoms with van der Waals surface area (Å²) in [6, 6.07) is 7.44. The van der Waals surface area contributed by atoms with Gasteiger partial charge in [-0.2, -0.15) is 5.10 Å². The Kier molecular flexibility index (Phi) is 4.18. The number of benzene rings is 1. The minimum absolute atomic E-state index is 0.130. The van der Waals surface area contributed by atoms with E-state index in [1.54, 1.807) is 17.1 Å². The summed E-state index contributed by atoms with van der Waals surface area (Å²) >= 11 is 0. The molecule has 0 aliphatic rings. The standard InChI is InChI=1S/C14H18N4O/c1-3-8-15-12-6-4-11(5-7-12)14(19)17-13-9-16-18(2)10-13/h4-7,9-10,15H,3,8H2,1-2H3,(H,17,19). The van der Waals surface area contributed by atoms with E-state index >= 15 is 0 Å². The first-order chi connectivity index (χ1) is 9.19. The van der Waals surface area contributed by atoms with Crippen LogP contribution in [-0.4, -0.2) is 22.2 Å². The summed E-state index contributed by atoms with van der Waals surface area (Å²) in [7, 11) is 1.81. The Labute approximate surface area is 112 Å². The number of anilines is 2. The molecule has 0 unspecified atom stereocenters. The van der Waals surface area contributed by atoms with Crippen LogP contribution in [0.15, 0.2) is 36.7 Å². The van der Waals surface area contributed by atoms with Crippen molar-refractivity contribution in [1.29, 1.82) is 0 Å². The van der Waals surface area contributed by atoms with Crippen molar-refractivity contribution in [3.05, 3.63) is 42.2 Å². The lowest BCUT2D eigenvalue weighted by Crippen LogP contribution is -2.11. The van der Waals surface area contributed by atoms with Crippen molar-refractivity contribution < 1.29 is 4.79 Å². The largest absolute Gasteiger partial charge is 0.385 e. The van der Waals surface area contributed by atoms with E-state index in [0.717, 1.165) is 18.7 Å². The second-order valence-electron chi connectivity index (χ2n) is 4.36. The fourth-order valence-electron chi connectivity index (χ4n) is 1.70. The Morgan fingerprint density at radius 1 is 1.26 bits per heavy atom. The number of hydrogen-bond acceptors (Lipinski definition) is 3. The van der Waals surface area contributed by atoms with Crippen molar-refractivity contribution in [1.82, 2.24) is 9.78 Å². The number of carbonyl (C=O) groups is 1. The number of rotatable bonds is 5. The van der Waals surface area contributed by atoms with Crippen molar-refractivity contribution in [2.45, 2.75) is 13.3 Å². The monoisotopic (exact) mass is 258 g/mol. The third kappa shape index (κ3) is 3.58. The van der Waals surface area contributed by atoms with Crippen LogP contribution >= 0.6 is 0 Å². The van der Waals surface area contributed by atoms with Crippen LogP contribution in [0.4, 0.5) is 11.4 Å². The molecule has 2 N–H and O–H groups in total. The van der Waals surface area contributed by atoms with Gasteiger partial charge in [0.1, 0.15) is 0 Å². The molecule has 0 bridgehead atoms. The topological polar surface area (TPSA) is 59.0 Å². The van der Waals surface area contributed by atoms with Gasteiger partial charge >= 0.3 is 0 Å². The van der Waals surface area contributed by atoms with Crippen LogP contribution in [0.1, 0.15) is 23.7 Å². The lowest BCUT2D eigenvalue weighted by atomic mass is 10.2. The molecule has 5 nitrogen and oxygen atoms in total. The summed E-state index contributed by atoms with van der Waals surface area (Å²) in [5, 5.41) is 10.1.